The van der Waals surface area contributed by atoms with Gasteiger partial charge in [0, 0.05) is 5.54 Å². The first-order valence-electron chi connectivity index (χ1n) is 10.3. The van der Waals surface area contributed by atoms with Gasteiger partial charge in [0.1, 0.15) is 5.54 Å². The van der Waals surface area contributed by atoms with Crippen molar-refractivity contribution < 1.29 is 4.79 Å². The number of hydrogen-bond acceptors (Lipinski definition) is 3. The Morgan fingerprint density at radius 1 is 1.00 bits per heavy atom. The van der Waals surface area contributed by atoms with Crippen LogP contribution in [0.1, 0.15) is 62.6 Å². The zero-order valence-corrected chi connectivity index (χ0v) is 16.8. The average Bonchev–Trinajstić information content (AvgIpc) is 2.73. The molecule has 0 saturated heterocycles. The van der Waals surface area contributed by atoms with E-state index in [4.69, 9.17) is 0 Å². The van der Waals surface area contributed by atoms with E-state index in [1.54, 1.807) is 0 Å². The molecule has 4 nitrogen and oxygen atoms in total. The van der Waals surface area contributed by atoms with Crippen molar-refractivity contribution in [2.24, 2.45) is 5.10 Å². The Morgan fingerprint density at radius 3 is 2.43 bits per heavy atom. The van der Waals surface area contributed by atoms with E-state index in [9.17, 15) is 4.79 Å². The largest absolute Gasteiger partial charge is 0.294 e. The molecule has 4 rings (SSSR count). The lowest BCUT2D eigenvalue weighted by atomic mass is 9.69. The molecule has 1 aliphatic carbocycles. The third kappa shape index (κ3) is 3.49. The van der Waals surface area contributed by atoms with Crippen LogP contribution < -0.4 is 10.7 Å². The molecule has 2 aromatic rings. The lowest BCUT2D eigenvalue weighted by Gasteiger charge is -2.49. The molecular weight excluding hydrogens is 346 g/mol. The van der Waals surface area contributed by atoms with Gasteiger partial charge in [-0.1, -0.05) is 73.9 Å². The maximum Gasteiger partial charge on any atom is 0.264 e. The molecule has 2 aromatic carbocycles. The fourth-order valence-corrected chi connectivity index (χ4v) is 4.87. The van der Waals surface area contributed by atoms with Crippen molar-refractivity contribution in [1.82, 2.24) is 10.7 Å². The average molecular weight is 376 g/mol. The summed E-state index contributed by atoms with van der Waals surface area (Å²) >= 11 is 0. The molecule has 2 aliphatic rings. The van der Waals surface area contributed by atoms with Crippen LogP contribution in [0.15, 0.2) is 59.7 Å². The molecule has 0 aromatic heterocycles. The number of rotatable bonds is 3. The highest BCUT2D eigenvalue weighted by molar-refractivity contribution is 5.99. The topological polar surface area (TPSA) is 53.5 Å². The van der Waals surface area contributed by atoms with Gasteiger partial charge in [0.25, 0.3) is 5.91 Å². The van der Waals surface area contributed by atoms with Gasteiger partial charge in [0.2, 0.25) is 0 Å². The lowest BCUT2D eigenvalue weighted by Crippen LogP contribution is -2.65. The number of carbonyl (C=O) groups excluding carboxylic acids is 1. The number of benzene rings is 2. The Kier molecular flexibility index (Phi) is 5.07. The van der Waals surface area contributed by atoms with Crippen LogP contribution in [0.2, 0.25) is 0 Å². The van der Waals surface area contributed by atoms with E-state index >= 15 is 0 Å². The molecule has 1 amide bonds. The van der Waals surface area contributed by atoms with Crippen LogP contribution in [0.4, 0.5) is 0 Å². The molecule has 28 heavy (non-hydrogen) atoms. The molecule has 4 heteroatoms. The maximum atomic E-state index is 13.4. The van der Waals surface area contributed by atoms with Gasteiger partial charge in [-0.15, -0.1) is 0 Å². The zero-order chi connectivity index (χ0) is 19.6. The van der Waals surface area contributed by atoms with Crippen LogP contribution >= 0.6 is 0 Å². The number of hydrazone groups is 1. The Morgan fingerprint density at radius 2 is 1.68 bits per heavy atom. The van der Waals surface area contributed by atoms with Gasteiger partial charge in [-0.3, -0.25) is 10.1 Å². The minimum absolute atomic E-state index is 0.0108. The molecule has 0 bridgehead atoms. The van der Waals surface area contributed by atoms with E-state index in [1.807, 2.05) is 50.2 Å². The van der Waals surface area contributed by atoms with Gasteiger partial charge >= 0.3 is 0 Å². The first kappa shape index (κ1) is 18.9. The van der Waals surface area contributed by atoms with Crippen LogP contribution in [0, 0.1) is 0 Å². The van der Waals surface area contributed by atoms with Gasteiger partial charge in [-0.2, -0.15) is 5.10 Å². The third-order valence-corrected chi connectivity index (χ3v) is 6.38. The Hall–Kier alpha value is -2.46. The van der Waals surface area contributed by atoms with E-state index in [0.29, 0.717) is 0 Å². The lowest BCUT2D eigenvalue weighted by molar-refractivity contribution is -0.129. The highest BCUT2D eigenvalue weighted by atomic mass is 16.2. The summed E-state index contributed by atoms with van der Waals surface area (Å²) < 4.78 is 0. The van der Waals surface area contributed by atoms with Crippen molar-refractivity contribution in [1.29, 1.82) is 0 Å². The first-order chi connectivity index (χ1) is 13.5. The van der Waals surface area contributed by atoms with E-state index in [0.717, 1.165) is 36.1 Å². The van der Waals surface area contributed by atoms with Crippen LogP contribution in [-0.2, 0) is 16.8 Å². The number of amides is 1. The minimum atomic E-state index is -0.785. The summed E-state index contributed by atoms with van der Waals surface area (Å²) in [5.74, 6) is -0.0973. The highest BCUT2D eigenvalue weighted by Gasteiger charge is 2.48. The van der Waals surface area contributed by atoms with Crippen molar-refractivity contribution in [3.8, 4) is 0 Å². The summed E-state index contributed by atoms with van der Waals surface area (Å²) in [7, 11) is 0. The van der Waals surface area contributed by atoms with Crippen molar-refractivity contribution >= 4 is 11.6 Å². The number of nitrogens with one attached hydrogen (secondary N) is 2. The van der Waals surface area contributed by atoms with E-state index in [2.05, 4.69) is 34.0 Å². The molecule has 1 heterocycles. The van der Waals surface area contributed by atoms with Crippen LogP contribution in [0.3, 0.4) is 0 Å². The van der Waals surface area contributed by atoms with Gasteiger partial charge < -0.3 is 0 Å². The van der Waals surface area contributed by atoms with Crippen LogP contribution in [0.25, 0.3) is 0 Å². The summed E-state index contributed by atoms with van der Waals surface area (Å²) in [5, 5.41) is 8.18. The summed E-state index contributed by atoms with van der Waals surface area (Å²) in [6, 6.07) is 18.3. The molecule has 0 radical (unpaired) electrons. The summed E-state index contributed by atoms with van der Waals surface area (Å²) in [6.07, 6.45) is 6.97. The maximum absolute atomic E-state index is 13.4. The van der Waals surface area contributed by atoms with Gasteiger partial charge in [0.05, 0.1) is 5.71 Å². The fourth-order valence-electron chi connectivity index (χ4n) is 4.87. The normalized spacial score (nSPS) is 23.9. The van der Waals surface area contributed by atoms with Crippen molar-refractivity contribution in [3.63, 3.8) is 0 Å². The molecule has 2 N–H and O–H groups in total. The van der Waals surface area contributed by atoms with Gasteiger partial charge in [-0.05, 0) is 49.8 Å². The fraction of sp³-hybridized carbons (Fsp3) is 0.417. The Balaban J connectivity index is 1.63. The molecule has 146 valence electrons. The SMILES string of the molecule is C/C(=N/NC(=O)[C@]1(C)NC2(CCCCC2)Cc2ccccc21)c1ccccc1. The zero-order valence-electron chi connectivity index (χ0n) is 16.8. The standard InChI is InChI=1S/C24H29N3O/c1-18(19-11-5-3-6-12-19)25-26-22(28)23(2)21-14-8-7-13-20(21)17-24(27-23)15-9-4-10-16-24/h3,5-8,11-14,27H,4,9-10,15-17H2,1-2H3,(H,26,28)/b25-18-/t23-/m1/s1. The smallest absolute Gasteiger partial charge is 0.264 e. The van der Waals surface area contributed by atoms with E-state index < -0.39 is 5.54 Å². The number of carbonyl (C=O) groups is 1. The summed E-state index contributed by atoms with van der Waals surface area (Å²) in [4.78, 5) is 13.4. The van der Waals surface area contributed by atoms with Crippen LogP contribution in [-0.4, -0.2) is 17.2 Å². The number of fused-ring (bicyclic) bond motifs is 1. The molecule has 1 spiro atoms. The van der Waals surface area contributed by atoms with Crippen molar-refractivity contribution in [2.45, 2.75) is 63.5 Å². The number of nitrogens with zero attached hydrogens (tertiary/aromatic N) is 1. The van der Waals surface area contributed by atoms with Gasteiger partial charge in [0.15, 0.2) is 0 Å². The van der Waals surface area contributed by atoms with Crippen LogP contribution in [0.5, 0.6) is 0 Å². The molecule has 1 atom stereocenters. The molecule has 1 aliphatic heterocycles. The first-order valence-corrected chi connectivity index (χ1v) is 10.3. The third-order valence-electron chi connectivity index (χ3n) is 6.38. The summed E-state index contributed by atoms with van der Waals surface area (Å²) in [5.41, 5.74) is 6.22. The van der Waals surface area contributed by atoms with Crippen molar-refractivity contribution in [2.75, 3.05) is 0 Å². The summed E-state index contributed by atoms with van der Waals surface area (Å²) in [6.45, 7) is 3.92. The quantitative estimate of drug-likeness (QED) is 0.621. The minimum Gasteiger partial charge on any atom is -0.294 e. The Labute approximate surface area is 167 Å². The molecule has 1 fully saturated rings. The highest BCUT2D eigenvalue weighted by Crippen LogP contribution is 2.41. The predicted octanol–water partition coefficient (Wildman–Crippen LogP) is 4.29. The molecule has 1 saturated carbocycles. The van der Waals surface area contributed by atoms with E-state index in [1.165, 1.54) is 24.8 Å². The van der Waals surface area contributed by atoms with Crippen molar-refractivity contribution in [3.05, 3.63) is 71.3 Å². The second-order valence-corrected chi connectivity index (χ2v) is 8.43. The molecular formula is C24H29N3O. The monoisotopic (exact) mass is 375 g/mol. The molecule has 0 unspecified atom stereocenters. The van der Waals surface area contributed by atoms with Gasteiger partial charge in [-0.25, -0.2) is 5.43 Å². The second kappa shape index (κ2) is 7.51. The predicted molar refractivity (Wildman–Crippen MR) is 113 cm³/mol. The number of hydrogen-bond donors (Lipinski definition) is 2. The van der Waals surface area contributed by atoms with E-state index in [-0.39, 0.29) is 11.4 Å². The second-order valence-electron chi connectivity index (χ2n) is 8.43. The Bertz CT molecular complexity index is 884.